The van der Waals surface area contributed by atoms with E-state index in [1.165, 1.54) is 27.5 Å². The van der Waals surface area contributed by atoms with Crippen LogP contribution in [0.2, 0.25) is 0 Å². The second kappa shape index (κ2) is 11.8. The maximum Gasteiger partial charge on any atom is 0.254 e. The molecular weight excluding hydrogens is 504 g/mol. The van der Waals surface area contributed by atoms with Crippen LogP contribution >= 0.6 is 12.4 Å². The highest BCUT2D eigenvalue weighted by molar-refractivity contribution is 5.96. The van der Waals surface area contributed by atoms with Crippen molar-refractivity contribution < 1.29 is 9.53 Å². The van der Waals surface area contributed by atoms with Gasteiger partial charge in [-0.15, -0.1) is 12.4 Å². The Balaban J connectivity index is 0.00000308. The average Bonchev–Trinajstić information content (AvgIpc) is 3.50. The van der Waals surface area contributed by atoms with Gasteiger partial charge in [-0.25, -0.2) is 0 Å². The Bertz CT molecular complexity index is 1460. The molecule has 0 aromatic heterocycles. The van der Waals surface area contributed by atoms with Gasteiger partial charge >= 0.3 is 0 Å². The minimum absolute atomic E-state index is 0. The number of rotatable bonds is 6. The van der Waals surface area contributed by atoms with Crippen molar-refractivity contribution in [1.82, 2.24) is 10.2 Å². The van der Waals surface area contributed by atoms with Crippen LogP contribution in [0.25, 0.3) is 10.8 Å². The number of fused-ring (bicyclic) bond motifs is 2. The molecule has 1 N–H and O–H groups in total. The lowest BCUT2D eigenvalue weighted by atomic mass is 9.83. The lowest BCUT2D eigenvalue weighted by molar-refractivity contribution is 0.0792. The van der Waals surface area contributed by atoms with E-state index in [0.717, 1.165) is 55.8 Å². The highest BCUT2D eigenvalue weighted by atomic mass is 35.5. The van der Waals surface area contributed by atoms with Crippen molar-refractivity contribution in [2.75, 3.05) is 19.6 Å². The molecule has 0 saturated carbocycles. The number of para-hydroxylation sites is 1. The normalized spacial score (nSPS) is 19.2. The predicted molar refractivity (Wildman–Crippen MR) is 161 cm³/mol. The van der Waals surface area contributed by atoms with Crippen LogP contribution in [-0.2, 0) is 0 Å². The first-order chi connectivity index (χ1) is 18.6. The molecule has 1 fully saturated rings. The molecule has 0 radical (unpaired) electrons. The van der Waals surface area contributed by atoms with Crippen molar-refractivity contribution in [2.45, 2.75) is 51.2 Å². The molecule has 2 aliphatic rings. The number of nitrogens with one attached hydrogen (secondary N) is 1. The third-order valence-electron chi connectivity index (χ3n) is 8.32. The Kier molecular flexibility index (Phi) is 8.25. The van der Waals surface area contributed by atoms with Crippen LogP contribution in [0.5, 0.6) is 5.75 Å². The molecule has 4 nitrogen and oxygen atoms in total. The topological polar surface area (TPSA) is 41.6 Å². The van der Waals surface area contributed by atoms with E-state index in [1.54, 1.807) is 0 Å². The van der Waals surface area contributed by atoms with E-state index in [2.05, 4.69) is 91.1 Å². The first-order valence-electron chi connectivity index (χ1n) is 13.9. The molecule has 3 atom stereocenters. The minimum atomic E-state index is 0. The summed E-state index contributed by atoms with van der Waals surface area (Å²) < 4.78 is 6.50. The van der Waals surface area contributed by atoms with Crippen LogP contribution in [0.1, 0.15) is 70.8 Å². The molecule has 202 valence electrons. The van der Waals surface area contributed by atoms with E-state index >= 15 is 0 Å². The second-order valence-electron chi connectivity index (χ2n) is 10.8. The number of ether oxygens (including phenoxy) is 1. The number of nitrogens with zero attached hydrogens (tertiary/aromatic N) is 1. The predicted octanol–water partition coefficient (Wildman–Crippen LogP) is 7.44. The molecule has 39 heavy (non-hydrogen) atoms. The van der Waals surface area contributed by atoms with Crippen molar-refractivity contribution in [3.63, 3.8) is 0 Å². The number of carbonyl (C=O) groups excluding carboxylic acids is 1. The molecule has 6 rings (SSSR count). The van der Waals surface area contributed by atoms with Crippen molar-refractivity contribution in [3.8, 4) is 5.75 Å². The Morgan fingerprint density at radius 3 is 2.56 bits per heavy atom. The van der Waals surface area contributed by atoms with Crippen LogP contribution in [0.4, 0.5) is 0 Å². The van der Waals surface area contributed by atoms with Gasteiger partial charge in [0.1, 0.15) is 11.9 Å². The van der Waals surface area contributed by atoms with Gasteiger partial charge in [-0.05, 0) is 72.7 Å². The standard InChI is InChI=1S/C34H36N2O2.ClH/c1-23-16-17-26(20-31(23)34(37)36-18-7-8-19-36)32-21-27(38-33-15-6-5-13-30(32)33)22-35-24(2)28-14-9-11-25-10-3-4-12-29(25)28;/h3-6,9-17,20,24,27,32,35H,7-8,18-19,21-22H2,1-2H3;1H/t24?,27-,32+;/m1./s1. The van der Waals surface area contributed by atoms with Gasteiger partial charge in [0, 0.05) is 42.7 Å². The molecule has 1 saturated heterocycles. The average molecular weight is 541 g/mol. The molecule has 4 aromatic rings. The second-order valence-corrected chi connectivity index (χ2v) is 10.8. The molecule has 2 heterocycles. The van der Waals surface area contributed by atoms with E-state index in [9.17, 15) is 4.79 Å². The van der Waals surface area contributed by atoms with Gasteiger partial charge in [-0.1, -0.05) is 72.8 Å². The SMILES string of the molecule is Cc1ccc([C@@H]2C[C@H](CNC(C)c3cccc4ccccc34)Oc3ccccc32)cc1C(=O)N1CCCC1.Cl. The fourth-order valence-electron chi connectivity index (χ4n) is 6.16. The zero-order chi connectivity index (χ0) is 26.1. The summed E-state index contributed by atoms with van der Waals surface area (Å²) in [4.78, 5) is 15.3. The number of carbonyl (C=O) groups is 1. The van der Waals surface area contributed by atoms with Crippen molar-refractivity contribution in [3.05, 3.63) is 113 Å². The summed E-state index contributed by atoms with van der Waals surface area (Å²) in [5.74, 6) is 1.30. The number of halogens is 1. The monoisotopic (exact) mass is 540 g/mol. The summed E-state index contributed by atoms with van der Waals surface area (Å²) in [5.41, 5.74) is 5.59. The van der Waals surface area contributed by atoms with Gasteiger partial charge in [-0.2, -0.15) is 0 Å². The van der Waals surface area contributed by atoms with Crippen molar-refractivity contribution >= 4 is 29.1 Å². The number of hydrogen-bond donors (Lipinski definition) is 1. The zero-order valence-corrected chi connectivity index (χ0v) is 23.5. The van der Waals surface area contributed by atoms with Gasteiger partial charge in [0.2, 0.25) is 0 Å². The van der Waals surface area contributed by atoms with Crippen LogP contribution in [0.15, 0.2) is 84.9 Å². The van der Waals surface area contributed by atoms with E-state index in [-0.39, 0.29) is 36.4 Å². The summed E-state index contributed by atoms with van der Waals surface area (Å²) in [7, 11) is 0. The Labute approximate surface area is 237 Å². The lowest BCUT2D eigenvalue weighted by Gasteiger charge is -2.34. The van der Waals surface area contributed by atoms with Crippen LogP contribution in [0.3, 0.4) is 0 Å². The number of benzene rings is 4. The third-order valence-corrected chi connectivity index (χ3v) is 8.32. The number of amides is 1. The van der Waals surface area contributed by atoms with Crippen LogP contribution in [0, 0.1) is 6.92 Å². The minimum Gasteiger partial charge on any atom is -0.489 e. The Morgan fingerprint density at radius 1 is 0.974 bits per heavy atom. The van der Waals surface area contributed by atoms with Gasteiger partial charge in [-0.3, -0.25) is 4.79 Å². The van der Waals surface area contributed by atoms with Crippen LogP contribution in [-0.4, -0.2) is 36.5 Å². The summed E-state index contributed by atoms with van der Waals surface area (Å²) >= 11 is 0. The molecule has 0 spiro atoms. The molecule has 1 unspecified atom stereocenters. The van der Waals surface area contributed by atoms with Gasteiger partial charge in [0.15, 0.2) is 0 Å². The summed E-state index contributed by atoms with van der Waals surface area (Å²) in [6, 6.07) is 30.1. The van der Waals surface area contributed by atoms with Gasteiger partial charge < -0.3 is 15.0 Å². The first kappa shape index (κ1) is 27.2. The van der Waals surface area contributed by atoms with E-state index in [1.807, 2.05) is 17.9 Å². The van der Waals surface area contributed by atoms with E-state index in [4.69, 9.17) is 4.74 Å². The van der Waals surface area contributed by atoms with Crippen molar-refractivity contribution in [2.24, 2.45) is 0 Å². The molecule has 0 aliphatic carbocycles. The quantitative estimate of drug-likeness (QED) is 0.276. The van der Waals surface area contributed by atoms with Gasteiger partial charge in [0.05, 0.1) is 0 Å². The van der Waals surface area contributed by atoms with Gasteiger partial charge in [0.25, 0.3) is 5.91 Å². The number of likely N-dealkylation sites (tertiary alicyclic amines) is 1. The molecule has 1 amide bonds. The van der Waals surface area contributed by atoms with E-state index < -0.39 is 0 Å². The fraction of sp³-hybridized carbons (Fsp3) is 0.324. The molecule has 2 aliphatic heterocycles. The summed E-state index contributed by atoms with van der Waals surface area (Å²) in [6.45, 7) is 6.76. The molecule has 5 heteroatoms. The number of hydrogen-bond acceptors (Lipinski definition) is 3. The molecular formula is C34H37ClN2O2. The molecule has 4 aromatic carbocycles. The van der Waals surface area contributed by atoms with Crippen LogP contribution < -0.4 is 10.1 Å². The smallest absolute Gasteiger partial charge is 0.254 e. The zero-order valence-electron chi connectivity index (χ0n) is 22.7. The molecule has 0 bridgehead atoms. The fourth-order valence-corrected chi connectivity index (χ4v) is 6.16. The highest BCUT2D eigenvalue weighted by Gasteiger charge is 2.31. The highest BCUT2D eigenvalue weighted by Crippen LogP contribution is 2.41. The van der Waals surface area contributed by atoms with E-state index in [0.29, 0.717) is 0 Å². The maximum absolute atomic E-state index is 13.3. The summed E-state index contributed by atoms with van der Waals surface area (Å²) in [6.07, 6.45) is 3.10. The Morgan fingerprint density at radius 2 is 1.72 bits per heavy atom. The first-order valence-corrected chi connectivity index (χ1v) is 13.9. The largest absolute Gasteiger partial charge is 0.489 e. The lowest BCUT2D eigenvalue weighted by Crippen LogP contribution is -2.37. The maximum atomic E-state index is 13.3. The Hall–Kier alpha value is -3.34. The van der Waals surface area contributed by atoms with Crippen molar-refractivity contribution in [1.29, 1.82) is 0 Å². The number of aryl methyl sites for hydroxylation is 1. The summed E-state index contributed by atoms with van der Waals surface area (Å²) in [5, 5.41) is 6.31. The third kappa shape index (κ3) is 5.54.